The fourth-order valence-electron chi connectivity index (χ4n) is 1.21. The third kappa shape index (κ3) is 0.981. The lowest BCUT2D eigenvalue weighted by atomic mass is 10.0. The molecule has 0 saturated heterocycles. The number of aromatic nitrogens is 1. The van der Waals surface area contributed by atoms with Crippen LogP contribution in [0.25, 0.3) is 0 Å². The number of hydrazone groups is 1. The van der Waals surface area contributed by atoms with E-state index in [1.54, 1.807) is 12.4 Å². The topological polar surface area (TPSA) is 37.3 Å². The van der Waals surface area contributed by atoms with E-state index in [1.807, 2.05) is 12.3 Å². The molecule has 1 atom stereocenters. The highest BCUT2D eigenvalue weighted by Crippen LogP contribution is 2.17. The maximum atomic E-state index is 4.01. The van der Waals surface area contributed by atoms with Crippen molar-refractivity contribution >= 4 is 6.21 Å². The predicted molar refractivity (Wildman–Crippen MR) is 43.4 cm³/mol. The van der Waals surface area contributed by atoms with Crippen LogP contribution in [0.3, 0.4) is 0 Å². The first kappa shape index (κ1) is 6.34. The zero-order valence-corrected chi connectivity index (χ0v) is 6.28. The Labute approximate surface area is 65.2 Å². The maximum absolute atomic E-state index is 4.01. The third-order valence-corrected chi connectivity index (χ3v) is 1.83. The third-order valence-electron chi connectivity index (χ3n) is 1.83. The highest BCUT2D eigenvalue weighted by atomic mass is 15.3. The van der Waals surface area contributed by atoms with E-state index >= 15 is 0 Å². The molecule has 0 bridgehead atoms. The molecular weight excluding hydrogens is 138 g/mol. The molecule has 56 valence electrons. The van der Waals surface area contributed by atoms with Gasteiger partial charge in [0.05, 0.1) is 12.3 Å². The second-order valence-electron chi connectivity index (χ2n) is 2.61. The predicted octanol–water partition coefficient (Wildman–Crippen LogP) is 1.08. The molecule has 1 N–H and O–H groups in total. The summed E-state index contributed by atoms with van der Waals surface area (Å²) in [4.78, 5) is 4.01. The van der Waals surface area contributed by atoms with Crippen LogP contribution in [-0.2, 0) is 0 Å². The molecule has 1 aromatic heterocycles. The molecule has 0 unspecified atom stereocenters. The number of hydrogen-bond donors (Lipinski definition) is 1. The highest BCUT2D eigenvalue weighted by Gasteiger charge is 2.10. The minimum atomic E-state index is 0.304. The molecule has 0 aromatic carbocycles. The Balaban J connectivity index is 2.54. The van der Waals surface area contributed by atoms with Gasteiger partial charge in [-0.3, -0.25) is 4.98 Å². The molecule has 3 nitrogen and oxygen atoms in total. The van der Waals surface area contributed by atoms with Gasteiger partial charge in [0, 0.05) is 18.0 Å². The van der Waals surface area contributed by atoms with Crippen LogP contribution in [0, 0.1) is 0 Å². The first-order chi connectivity index (χ1) is 5.38. The van der Waals surface area contributed by atoms with Gasteiger partial charge >= 0.3 is 0 Å². The lowest BCUT2D eigenvalue weighted by Crippen LogP contribution is -2.18. The smallest absolute Gasteiger partial charge is 0.0668 e. The van der Waals surface area contributed by atoms with Crippen LogP contribution in [0.1, 0.15) is 24.1 Å². The number of hydrogen-bond acceptors (Lipinski definition) is 3. The monoisotopic (exact) mass is 147 g/mol. The zero-order valence-electron chi connectivity index (χ0n) is 6.28. The summed E-state index contributed by atoms with van der Waals surface area (Å²) in [5, 5.41) is 3.98. The van der Waals surface area contributed by atoms with Gasteiger partial charge in [-0.05, 0) is 18.6 Å². The Morgan fingerprint density at radius 2 is 2.45 bits per heavy atom. The number of nitrogens with zero attached hydrogens (tertiary/aromatic N) is 2. The average molecular weight is 147 g/mol. The molecule has 0 amide bonds. The molecule has 1 aliphatic heterocycles. The summed E-state index contributed by atoms with van der Waals surface area (Å²) in [6, 6.07) is 2.32. The van der Waals surface area contributed by atoms with Crippen molar-refractivity contribution in [3.63, 3.8) is 0 Å². The molecule has 0 aliphatic carbocycles. The molecule has 0 spiro atoms. The van der Waals surface area contributed by atoms with E-state index in [1.165, 1.54) is 5.56 Å². The summed E-state index contributed by atoms with van der Waals surface area (Å²) < 4.78 is 0. The number of nitrogens with one attached hydrogen (secondary N) is 1. The van der Waals surface area contributed by atoms with Gasteiger partial charge < -0.3 is 5.43 Å². The maximum Gasteiger partial charge on any atom is 0.0668 e. The van der Waals surface area contributed by atoms with Gasteiger partial charge in [-0.25, -0.2) is 0 Å². The van der Waals surface area contributed by atoms with E-state index in [0.717, 1.165) is 5.56 Å². The van der Waals surface area contributed by atoms with Crippen LogP contribution in [0.5, 0.6) is 0 Å². The fraction of sp³-hybridized carbons (Fsp3) is 0.250. The zero-order chi connectivity index (χ0) is 7.68. The lowest BCUT2D eigenvalue weighted by molar-refractivity contribution is 0.597. The molecule has 2 heterocycles. The highest BCUT2D eigenvalue weighted by molar-refractivity contribution is 5.82. The van der Waals surface area contributed by atoms with Crippen molar-refractivity contribution in [2.75, 3.05) is 0 Å². The van der Waals surface area contributed by atoms with Gasteiger partial charge in [0.2, 0.25) is 0 Å². The number of pyridine rings is 1. The van der Waals surface area contributed by atoms with Crippen molar-refractivity contribution in [2.24, 2.45) is 5.10 Å². The van der Waals surface area contributed by atoms with Crippen molar-refractivity contribution in [3.05, 3.63) is 29.6 Å². The molecule has 0 fully saturated rings. The van der Waals surface area contributed by atoms with Crippen LogP contribution in [0.2, 0.25) is 0 Å². The van der Waals surface area contributed by atoms with Gasteiger partial charge in [0.15, 0.2) is 0 Å². The summed E-state index contributed by atoms with van der Waals surface area (Å²) in [6.45, 7) is 2.08. The summed E-state index contributed by atoms with van der Waals surface area (Å²) >= 11 is 0. The molecule has 3 heteroatoms. The standard InChI is InChI=1S/C8H9N3/c1-6-8-2-3-9-4-7(8)5-10-11-6/h2-6,11H,1H3/t6-/m1/s1. The van der Waals surface area contributed by atoms with Crippen molar-refractivity contribution in [2.45, 2.75) is 13.0 Å². The van der Waals surface area contributed by atoms with Gasteiger partial charge in [-0.2, -0.15) is 5.10 Å². The quantitative estimate of drug-likeness (QED) is 0.596. The van der Waals surface area contributed by atoms with E-state index in [4.69, 9.17) is 0 Å². The second kappa shape index (κ2) is 2.34. The Bertz CT molecular complexity index is 293. The SMILES string of the molecule is C[C@H]1NN=Cc2cnccc21. The second-order valence-corrected chi connectivity index (χ2v) is 2.61. The fourth-order valence-corrected chi connectivity index (χ4v) is 1.21. The van der Waals surface area contributed by atoms with Gasteiger partial charge in [0.25, 0.3) is 0 Å². The van der Waals surface area contributed by atoms with Crippen LogP contribution in [-0.4, -0.2) is 11.2 Å². The van der Waals surface area contributed by atoms with E-state index in [0.29, 0.717) is 6.04 Å². The number of rotatable bonds is 0. The van der Waals surface area contributed by atoms with Crippen LogP contribution < -0.4 is 5.43 Å². The first-order valence-corrected chi connectivity index (χ1v) is 3.60. The summed E-state index contributed by atoms with van der Waals surface area (Å²) in [6.07, 6.45) is 5.43. The Morgan fingerprint density at radius 1 is 1.55 bits per heavy atom. The van der Waals surface area contributed by atoms with Gasteiger partial charge in [0.1, 0.15) is 0 Å². The minimum Gasteiger partial charge on any atom is -0.303 e. The molecular formula is C8H9N3. The van der Waals surface area contributed by atoms with Crippen molar-refractivity contribution < 1.29 is 0 Å². The molecule has 1 aliphatic rings. The van der Waals surface area contributed by atoms with E-state index in [9.17, 15) is 0 Å². The molecule has 0 saturated carbocycles. The Hall–Kier alpha value is -1.38. The minimum absolute atomic E-state index is 0.304. The van der Waals surface area contributed by atoms with Crippen molar-refractivity contribution in [1.82, 2.24) is 10.4 Å². The normalized spacial score (nSPS) is 20.6. The Kier molecular flexibility index (Phi) is 1.35. The van der Waals surface area contributed by atoms with Crippen LogP contribution in [0.4, 0.5) is 0 Å². The molecule has 1 aromatic rings. The largest absolute Gasteiger partial charge is 0.303 e. The summed E-state index contributed by atoms with van der Waals surface area (Å²) in [7, 11) is 0. The van der Waals surface area contributed by atoms with E-state index in [-0.39, 0.29) is 0 Å². The number of fused-ring (bicyclic) bond motifs is 1. The first-order valence-electron chi connectivity index (χ1n) is 3.60. The van der Waals surface area contributed by atoms with E-state index < -0.39 is 0 Å². The Morgan fingerprint density at radius 3 is 3.27 bits per heavy atom. The lowest BCUT2D eigenvalue weighted by Gasteiger charge is -2.17. The van der Waals surface area contributed by atoms with Gasteiger partial charge in [-0.15, -0.1) is 0 Å². The van der Waals surface area contributed by atoms with Crippen molar-refractivity contribution in [3.8, 4) is 0 Å². The van der Waals surface area contributed by atoms with E-state index in [2.05, 4.69) is 22.4 Å². The molecule has 11 heavy (non-hydrogen) atoms. The van der Waals surface area contributed by atoms with Crippen molar-refractivity contribution in [1.29, 1.82) is 0 Å². The van der Waals surface area contributed by atoms with Crippen LogP contribution in [0.15, 0.2) is 23.6 Å². The molecule has 0 radical (unpaired) electrons. The van der Waals surface area contributed by atoms with Crippen LogP contribution >= 0.6 is 0 Å². The average Bonchev–Trinajstić information content (AvgIpc) is 2.06. The molecule has 2 rings (SSSR count). The summed E-state index contributed by atoms with van der Waals surface area (Å²) in [5.74, 6) is 0. The van der Waals surface area contributed by atoms with Gasteiger partial charge in [-0.1, -0.05) is 0 Å². The summed E-state index contributed by atoms with van der Waals surface area (Å²) in [5.41, 5.74) is 5.35.